The summed E-state index contributed by atoms with van der Waals surface area (Å²) in [5.41, 5.74) is 6.27. The summed E-state index contributed by atoms with van der Waals surface area (Å²) in [6.07, 6.45) is 1.33. The summed E-state index contributed by atoms with van der Waals surface area (Å²) in [5, 5.41) is 15.0. The van der Waals surface area contributed by atoms with Crippen molar-refractivity contribution >= 4 is 23.1 Å². The average molecular weight is 258 g/mol. The number of ether oxygens (including phenoxy) is 1. The first-order chi connectivity index (χ1) is 8.17. The molecule has 4 N–H and O–H groups in total. The third kappa shape index (κ3) is 4.40. The van der Waals surface area contributed by atoms with Crippen LogP contribution >= 0.6 is 11.6 Å². The van der Waals surface area contributed by atoms with Crippen molar-refractivity contribution in [1.82, 2.24) is 0 Å². The molecule has 0 aliphatic heterocycles. The maximum atomic E-state index is 8.36. The normalized spacial score (nSPS) is 11.3. The lowest BCUT2D eigenvalue weighted by Gasteiger charge is -2.08. The van der Waals surface area contributed by atoms with E-state index in [9.17, 15) is 0 Å². The number of amidine groups is 1. The summed E-state index contributed by atoms with van der Waals surface area (Å²) < 4.78 is 5.10. The molecule has 0 aliphatic carbocycles. The SMILES string of the molecule is COc1cc(NCCC/C(N)=N/O)ccc1Cl. The highest BCUT2D eigenvalue weighted by atomic mass is 35.5. The van der Waals surface area contributed by atoms with Crippen molar-refractivity contribution in [2.24, 2.45) is 10.9 Å². The fourth-order valence-corrected chi connectivity index (χ4v) is 1.52. The van der Waals surface area contributed by atoms with Crippen LogP contribution in [0, 0.1) is 0 Å². The molecule has 0 bridgehead atoms. The van der Waals surface area contributed by atoms with Crippen LogP contribution in [0.3, 0.4) is 0 Å². The molecule has 94 valence electrons. The standard InChI is InChI=1S/C11H16ClN3O2/c1-17-10-7-8(4-5-9(10)12)14-6-2-3-11(13)15-16/h4-5,7,14,16H,2-3,6H2,1H3,(H2,13,15). The molecule has 5 nitrogen and oxygen atoms in total. The highest BCUT2D eigenvalue weighted by molar-refractivity contribution is 6.32. The highest BCUT2D eigenvalue weighted by Gasteiger charge is 2.01. The maximum Gasteiger partial charge on any atom is 0.139 e. The van der Waals surface area contributed by atoms with E-state index in [1.807, 2.05) is 12.1 Å². The second-order valence-electron chi connectivity index (χ2n) is 3.47. The topological polar surface area (TPSA) is 79.9 Å². The molecule has 0 saturated carbocycles. The number of oxime groups is 1. The Kier molecular flexibility index (Phi) is 5.42. The van der Waals surface area contributed by atoms with Gasteiger partial charge in [-0.3, -0.25) is 0 Å². The zero-order valence-electron chi connectivity index (χ0n) is 9.61. The molecular weight excluding hydrogens is 242 g/mol. The number of benzene rings is 1. The minimum absolute atomic E-state index is 0.237. The van der Waals surface area contributed by atoms with Gasteiger partial charge in [-0.25, -0.2) is 0 Å². The van der Waals surface area contributed by atoms with E-state index in [1.54, 1.807) is 13.2 Å². The number of halogens is 1. The summed E-state index contributed by atoms with van der Waals surface area (Å²) in [5.74, 6) is 0.869. The Bertz CT molecular complexity index is 396. The number of nitrogens with one attached hydrogen (secondary N) is 1. The monoisotopic (exact) mass is 257 g/mol. The molecule has 0 spiro atoms. The Labute approximate surface area is 105 Å². The Balaban J connectivity index is 2.42. The Morgan fingerprint density at radius 2 is 2.35 bits per heavy atom. The molecule has 17 heavy (non-hydrogen) atoms. The van der Waals surface area contributed by atoms with Gasteiger partial charge in [0, 0.05) is 24.7 Å². The van der Waals surface area contributed by atoms with E-state index in [1.165, 1.54) is 0 Å². The molecule has 0 heterocycles. The summed E-state index contributed by atoms with van der Waals surface area (Å²) in [6, 6.07) is 5.46. The zero-order valence-corrected chi connectivity index (χ0v) is 10.4. The van der Waals surface area contributed by atoms with Gasteiger partial charge in [-0.2, -0.15) is 0 Å². The molecule has 0 radical (unpaired) electrons. The van der Waals surface area contributed by atoms with Crippen LogP contribution in [0.25, 0.3) is 0 Å². The summed E-state index contributed by atoms with van der Waals surface area (Å²) in [6.45, 7) is 0.723. The number of hydrogen-bond acceptors (Lipinski definition) is 4. The molecule has 0 atom stereocenters. The van der Waals surface area contributed by atoms with Crippen LogP contribution in [0.15, 0.2) is 23.4 Å². The maximum absolute atomic E-state index is 8.36. The van der Waals surface area contributed by atoms with Gasteiger partial charge in [-0.05, 0) is 18.6 Å². The van der Waals surface area contributed by atoms with Crippen LogP contribution in [0.4, 0.5) is 5.69 Å². The predicted octanol–water partition coefficient (Wildman–Crippen LogP) is 2.29. The number of rotatable bonds is 6. The summed E-state index contributed by atoms with van der Waals surface area (Å²) in [4.78, 5) is 0. The first-order valence-electron chi connectivity index (χ1n) is 5.21. The van der Waals surface area contributed by atoms with Crippen LogP contribution in [0.5, 0.6) is 5.75 Å². The van der Waals surface area contributed by atoms with Gasteiger partial charge >= 0.3 is 0 Å². The molecule has 1 rings (SSSR count). The first-order valence-corrected chi connectivity index (χ1v) is 5.59. The van der Waals surface area contributed by atoms with Crippen LogP contribution in [-0.2, 0) is 0 Å². The van der Waals surface area contributed by atoms with Crippen LogP contribution in [-0.4, -0.2) is 24.7 Å². The van der Waals surface area contributed by atoms with Gasteiger partial charge in [0.1, 0.15) is 11.6 Å². The van der Waals surface area contributed by atoms with Gasteiger partial charge < -0.3 is 21.0 Å². The number of anilines is 1. The first kappa shape index (κ1) is 13.4. The van der Waals surface area contributed by atoms with E-state index in [2.05, 4.69) is 10.5 Å². The zero-order chi connectivity index (χ0) is 12.7. The van der Waals surface area contributed by atoms with Crippen LogP contribution < -0.4 is 15.8 Å². The second kappa shape index (κ2) is 6.85. The third-order valence-corrected chi connectivity index (χ3v) is 2.53. The van der Waals surface area contributed by atoms with Gasteiger partial charge in [-0.15, -0.1) is 0 Å². The number of nitrogens with zero attached hydrogens (tertiary/aromatic N) is 1. The van der Waals surface area contributed by atoms with Crippen molar-refractivity contribution in [2.75, 3.05) is 19.0 Å². The highest BCUT2D eigenvalue weighted by Crippen LogP contribution is 2.27. The van der Waals surface area contributed by atoms with E-state index in [4.69, 9.17) is 27.3 Å². The van der Waals surface area contributed by atoms with E-state index in [0.29, 0.717) is 17.2 Å². The fraction of sp³-hybridized carbons (Fsp3) is 0.364. The quantitative estimate of drug-likeness (QED) is 0.240. The van der Waals surface area contributed by atoms with Gasteiger partial charge in [0.2, 0.25) is 0 Å². The largest absolute Gasteiger partial charge is 0.495 e. The van der Waals surface area contributed by atoms with Crippen molar-refractivity contribution in [2.45, 2.75) is 12.8 Å². The van der Waals surface area contributed by atoms with Crippen molar-refractivity contribution in [3.63, 3.8) is 0 Å². The van der Waals surface area contributed by atoms with Crippen LogP contribution in [0.2, 0.25) is 5.02 Å². The molecule has 1 aromatic carbocycles. The molecule has 1 aromatic rings. The molecule has 0 aliphatic rings. The smallest absolute Gasteiger partial charge is 0.139 e. The summed E-state index contributed by atoms with van der Waals surface area (Å²) in [7, 11) is 1.57. The van der Waals surface area contributed by atoms with Gasteiger partial charge in [0.15, 0.2) is 0 Å². The minimum atomic E-state index is 0.237. The molecule has 6 heteroatoms. The molecule has 0 aromatic heterocycles. The lowest BCUT2D eigenvalue weighted by atomic mass is 10.2. The predicted molar refractivity (Wildman–Crippen MR) is 69.1 cm³/mol. The van der Waals surface area contributed by atoms with Gasteiger partial charge in [-0.1, -0.05) is 16.8 Å². The van der Waals surface area contributed by atoms with Gasteiger partial charge in [0.25, 0.3) is 0 Å². The van der Waals surface area contributed by atoms with E-state index in [0.717, 1.165) is 18.7 Å². The molecule has 0 fully saturated rings. The third-order valence-electron chi connectivity index (χ3n) is 2.22. The molecular formula is C11H16ClN3O2. The number of hydrogen-bond donors (Lipinski definition) is 3. The molecule has 0 amide bonds. The lowest BCUT2D eigenvalue weighted by Crippen LogP contribution is -2.13. The Morgan fingerprint density at radius 1 is 1.59 bits per heavy atom. The average Bonchev–Trinajstić information content (AvgIpc) is 2.36. The number of methoxy groups -OCH3 is 1. The minimum Gasteiger partial charge on any atom is -0.495 e. The second-order valence-corrected chi connectivity index (χ2v) is 3.88. The van der Waals surface area contributed by atoms with E-state index in [-0.39, 0.29) is 5.84 Å². The number of nitrogens with two attached hydrogens (primary N) is 1. The van der Waals surface area contributed by atoms with Crippen molar-refractivity contribution < 1.29 is 9.94 Å². The molecule has 0 saturated heterocycles. The van der Waals surface area contributed by atoms with E-state index >= 15 is 0 Å². The van der Waals surface area contributed by atoms with Crippen molar-refractivity contribution in [3.05, 3.63) is 23.2 Å². The fourth-order valence-electron chi connectivity index (χ4n) is 1.32. The Morgan fingerprint density at radius 3 is 3.00 bits per heavy atom. The summed E-state index contributed by atoms with van der Waals surface area (Å²) >= 11 is 5.91. The lowest BCUT2D eigenvalue weighted by molar-refractivity contribution is 0.316. The van der Waals surface area contributed by atoms with Crippen molar-refractivity contribution in [3.8, 4) is 5.75 Å². The molecule has 0 unspecified atom stereocenters. The Hall–Kier alpha value is -1.62. The van der Waals surface area contributed by atoms with Crippen LogP contribution in [0.1, 0.15) is 12.8 Å². The van der Waals surface area contributed by atoms with E-state index < -0.39 is 0 Å². The van der Waals surface area contributed by atoms with Gasteiger partial charge in [0.05, 0.1) is 12.1 Å². The van der Waals surface area contributed by atoms with Crippen molar-refractivity contribution in [1.29, 1.82) is 0 Å².